The predicted molar refractivity (Wildman–Crippen MR) is 58.9 cm³/mol. The van der Waals surface area contributed by atoms with Crippen molar-refractivity contribution in [3.05, 3.63) is 16.7 Å². The van der Waals surface area contributed by atoms with Crippen molar-refractivity contribution in [2.75, 3.05) is 30.3 Å². The third kappa shape index (κ3) is 1.80. The highest BCUT2D eigenvalue weighted by atomic mass is 16.1. The number of hydrogen-bond acceptors (Lipinski definition) is 5. The molecule has 1 saturated heterocycles. The van der Waals surface area contributed by atoms with Crippen LogP contribution in [-0.2, 0) is 0 Å². The summed E-state index contributed by atoms with van der Waals surface area (Å²) in [5, 5.41) is 3.27. The molecule has 1 aliphatic rings. The monoisotopic (exact) mass is 209 g/mol. The van der Waals surface area contributed by atoms with E-state index in [1.807, 2.05) is 0 Å². The smallest absolute Gasteiger partial charge is 0.276 e. The molecule has 82 valence electrons. The highest BCUT2D eigenvalue weighted by Crippen LogP contribution is 2.18. The average Bonchev–Trinajstić information content (AvgIpc) is 2.23. The van der Waals surface area contributed by atoms with Crippen molar-refractivity contribution < 1.29 is 0 Å². The molecule has 0 radical (unpaired) electrons. The number of aromatic amines is 1. The zero-order valence-electron chi connectivity index (χ0n) is 8.66. The number of anilines is 2. The fourth-order valence-electron chi connectivity index (χ4n) is 1.79. The summed E-state index contributed by atoms with van der Waals surface area (Å²) in [4.78, 5) is 20.0. The van der Waals surface area contributed by atoms with Gasteiger partial charge >= 0.3 is 0 Å². The molecule has 15 heavy (non-hydrogen) atoms. The second kappa shape index (κ2) is 3.90. The Bertz CT molecular complexity index is 402. The maximum absolute atomic E-state index is 11.3. The van der Waals surface area contributed by atoms with Crippen LogP contribution in [0.25, 0.3) is 0 Å². The Morgan fingerprint density at radius 1 is 1.67 bits per heavy atom. The molecule has 1 atom stereocenters. The fraction of sp³-hybridized carbons (Fsp3) is 0.556. The zero-order valence-corrected chi connectivity index (χ0v) is 8.66. The SMILES string of the molecule is CC1CNCCN1c1nc[nH]c(=O)c1N. The highest BCUT2D eigenvalue weighted by molar-refractivity contribution is 5.61. The number of piperazine rings is 1. The van der Waals surface area contributed by atoms with Gasteiger partial charge in [0.15, 0.2) is 5.82 Å². The first-order valence-electron chi connectivity index (χ1n) is 5.00. The summed E-state index contributed by atoms with van der Waals surface area (Å²) in [7, 11) is 0. The van der Waals surface area contributed by atoms with Crippen molar-refractivity contribution in [2.45, 2.75) is 13.0 Å². The van der Waals surface area contributed by atoms with Crippen molar-refractivity contribution in [2.24, 2.45) is 0 Å². The lowest BCUT2D eigenvalue weighted by Gasteiger charge is -2.35. The first-order valence-corrected chi connectivity index (χ1v) is 5.00. The van der Waals surface area contributed by atoms with Crippen LogP contribution in [0.15, 0.2) is 11.1 Å². The van der Waals surface area contributed by atoms with Gasteiger partial charge in [0.1, 0.15) is 5.69 Å². The van der Waals surface area contributed by atoms with Crippen LogP contribution < -0.4 is 21.5 Å². The van der Waals surface area contributed by atoms with Crippen molar-refractivity contribution in [3.63, 3.8) is 0 Å². The Hall–Kier alpha value is -1.56. The van der Waals surface area contributed by atoms with E-state index < -0.39 is 0 Å². The minimum absolute atomic E-state index is 0.200. The molecule has 2 rings (SSSR count). The number of nitrogen functional groups attached to an aromatic ring is 1. The van der Waals surface area contributed by atoms with Crippen molar-refractivity contribution in [3.8, 4) is 0 Å². The molecule has 1 aromatic heterocycles. The number of hydrogen-bond donors (Lipinski definition) is 3. The van der Waals surface area contributed by atoms with Crippen LogP contribution in [0.3, 0.4) is 0 Å². The summed E-state index contributed by atoms with van der Waals surface area (Å²) in [5.41, 5.74) is 5.64. The van der Waals surface area contributed by atoms with Crippen LogP contribution in [-0.4, -0.2) is 35.6 Å². The number of nitrogens with zero attached hydrogens (tertiary/aromatic N) is 2. The van der Waals surface area contributed by atoms with Gasteiger partial charge in [-0.2, -0.15) is 0 Å². The normalized spacial score (nSPS) is 21.7. The largest absolute Gasteiger partial charge is 0.391 e. The summed E-state index contributed by atoms with van der Waals surface area (Å²) in [5.74, 6) is 0.591. The third-order valence-corrected chi connectivity index (χ3v) is 2.64. The first-order chi connectivity index (χ1) is 7.20. The van der Waals surface area contributed by atoms with Crippen molar-refractivity contribution >= 4 is 11.5 Å². The minimum atomic E-state index is -0.272. The topological polar surface area (TPSA) is 87.0 Å². The Labute approximate surface area is 87.5 Å². The molecule has 1 aliphatic heterocycles. The Morgan fingerprint density at radius 2 is 2.47 bits per heavy atom. The lowest BCUT2D eigenvalue weighted by molar-refractivity contribution is 0.497. The van der Waals surface area contributed by atoms with E-state index >= 15 is 0 Å². The molecule has 4 N–H and O–H groups in total. The number of nitrogens with two attached hydrogens (primary N) is 1. The fourth-order valence-corrected chi connectivity index (χ4v) is 1.79. The molecular weight excluding hydrogens is 194 g/mol. The van der Waals surface area contributed by atoms with E-state index in [2.05, 4.69) is 27.1 Å². The Kier molecular flexibility index (Phi) is 2.59. The van der Waals surface area contributed by atoms with E-state index in [9.17, 15) is 4.79 Å². The minimum Gasteiger partial charge on any atom is -0.391 e. The molecule has 0 aromatic carbocycles. The van der Waals surface area contributed by atoms with Crippen LogP contribution in [0.4, 0.5) is 11.5 Å². The molecule has 2 heterocycles. The van der Waals surface area contributed by atoms with E-state index in [0.29, 0.717) is 11.9 Å². The van der Waals surface area contributed by atoms with Crippen LogP contribution in [0.2, 0.25) is 0 Å². The van der Waals surface area contributed by atoms with E-state index in [1.54, 1.807) is 0 Å². The number of rotatable bonds is 1. The number of nitrogens with one attached hydrogen (secondary N) is 2. The van der Waals surface area contributed by atoms with Gasteiger partial charge in [0.2, 0.25) is 0 Å². The quantitative estimate of drug-likeness (QED) is 0.561. The molecule has 0 spiro atoms. The summed E-state index contributed by atoms with van der Waals surface area (Å²) in [6, 6.07) is 0.301. The maximum atomic E-state index is 11.3. The van der Waals surface area contributed by atoms with Crippen LogP contribution in [0.5, 0.6) is 0 Å². The van der Waals surface area contributed by atoms with Crippen LogP contribution in [0.1, 0.15) is 6.92 Å². The van der Waals surface area contributed by atoms with E-state index in [0.717, 1.165) is 19.6 Å². The highest BCUT2D eigenvalue weighted by Gasteiger charge is 2.21. The van der Waals surface area contributed by atoms with Gasteiger partial charge in [-0.05, 0) is 6.92 Å². The van der Waals surface area contributed by atoms with Gasteiger partial charge in [0.25, 0.3) is 5.56 Å². The van der Waals surface area contributed by atoms with Gasteiger partial charge in [-0.3, -0.25) is 4.79 Å². The van der Waals surface area contributed by atoms with Gasteiger partial charge in [0, 0.05) is 25.7 Å². The molecule has 0 saturated carbocycles. The van der Waals surface area contributed by atoms with E-state index in [4.69, 9.17) is 5.73 Å². The number of H-pyrrole nitrogens is 1. The molecule has 1 fully saturated rings. The lowest BCUT2D eigenvalue weighted by atomic mass is 10.2. The van der Waals surface area contributed by atoms with Gasteiger partial charge < -0.3 is 20.9 Å². The molecule has 0 amide bonds. The molecule has 1 unspecified atom stereocenters. The van der Waals surface area contributed by atoms with Gasteiger partial charge in [-0.25, -0.2) is 4.98 Å². The van der Waals surface area contributed by atoms with Gasteiger partial charge in [-0.15, -0.1) is 0 Å². The van der Waals surface area contributed by atoms with Gasteiger partial charge in [0.05, 0.1) is 6.33 Å². The molecule has 0 bridgehead atoms. The molecule has 0 aliphatic carbocycles. The van der Waals surface area contributed by atoms with Crippen LogP contribution in [0, 0.1) is 0 Å². The lowest BCUT2D eigenvalue weighted by Crippen LogP contribution is -2.50. The third-order valence-electron chi connectivity index (χ3n) is 2.64. The molecule has 6 nitrogen and oxygen atoms in total. The first kappa shape index (κ1) is 9.97. The summed E-state index contributed by atoms with van der Waals surface area (Å²) in [6.07, 6.45) is 1.39. The van der Waals surface area contributed by atoms with E-state index in [1.165, 1.54) is 6.33 Å². The zero-order chi connectivity index (χ0) is 10.8. The van der Waals surface area contributed by atoms with Crippen molar-refractivity contribution in [1.29, 1.82) is 0 Å². The molecule has 6 heteroatoms. The van der Waals surface area contributed by atoms with Crippen molar-refractivity contribution in [1.82, 2.24) is 15.3 Å². The predicted octanol–water partition coefficient (Wildman–Crippen LogP) is -0.850. The Morgan fingerprint density at radius 3 is 3.20 bits per heavy atom. The van der Waals surface area contributed by atoms with Gasteiger partial charge in [-0.1, -0.05) is 0 Å². The second-order valence-corrected chi connectivity index (χ2v) is 3.72. The second-order valence-electron chi connectivity index (χ2n) is 3.72. The number of aromatic nitrogens is 2. The summed E-state index contributed by atoms with van der Waals surface area (Å²) in [6.45, 7) is 4.67. The van der Waals surface area contributed by atoms with E-state index in [-0.39, 0.29) is 11.2 Å². The standard InChI is InChI=1S/C9H15N5O/c1-6-4-11-2-3-14(6)8-7(10)9(15)13-5-12-8/h5-6,11H,2-4,10H2,1H3,(H,12,13,15). The summed E-state index contributed by atoms with van der Waals surface area (Å²) < 4.78 is 0. The Balaban J connectivity index is 2.35. The maximum Gasteiger partial charge on any atom is 0.276 e. The molecular formula is C9H15N5O. The van der Waals surface area contributed by atoms with Crippen LogP contribution >= 0.6 is 0 Å². The summed E-state index contributed by atoms with van der Waals surface area (Å²) >= 11 is 0. The molecule has 1 aromatic rings. The average molecular weight is 209 g/mol.